The largest absolute Gasteiger partial charge is 0.462 e. The highest BCUT2D eigenvalue weighted by atomic mass is 16.6. The number of ketones is 1. The van der Waals surface area contributed by atoms with Gasteiger partial charge < -0.3 is 14.6 Å². The molecule has 1 N–H and O–H groups in total. The van der Waals surface area contributed by atoms with E-state index < -0.39 is 6.10 Å². The number of ether oxygens (including phenoxy) is 2. The summed E-state index contributed by atoms with van der Waals surface area (Å²) in [6.45, 7) is 6.27. The predicted octanol–water partition coefficient (Wildman–Crippen LogP) is 11.3. The topological polar surface area (TPSA) is 89.9 Å². The van der Waals surface area contributed by atoms with Crippen molar-refractivity contribution < 1.29 is 29.0 Å². The fraction of sp³-hybridized carbons (Fsp3) is 0.738. The van der Waals surface area contributed by atoms with Crippen LogP contribution in [0.4, 0.5) is 0 Å². The zero-order valence-corrected chi connectivity index (χ0v) is 31.1. The number of aliphatic hydroxyl groups excluding tert-OH is 1. The number of hydrogen-bond donors (Lipinski definition) is 1. The van der Waals surface area contributed by atoms with Gasteiger partial charge in [-0.1, -0.05) is 160 Å². The third-order valence-corrected chi connectivity index (χ3v) is 8.28. The standard InChI is InChI=1S/C42H72O6/c1-4-5-26-32-39(44)33-28-23-19-15-11-9-13-16-20-24-29-34-41(45)47-37-40(36-43)48-42(46)35-30-25-21-17-12-8-6-7-10-14-18-22-27-31-38(2)3/h9,11,16,19-20,23,28,33,38,40,43H,4-8,10,12-15,17-18,21-22,24-27,29-32,34-37H2,1-3H3/b11-9-,20-16-,23-19-,33-28+/t40-/m0/s1. The van der Waals surface area contributed by atoms with Gasteiger partial charge in [0.2, 0.25) is 0 Å². The number of rotatable bonds is 34. The molecule has 0 aliphatic rings. The van der Waals surface area contributed by atoms with E-state index in [0.29, 0.717) is 19.3 Å². The number of carbonyl (C=O) groups is 3. The molecule has 0 fully saturated rings. The van der Waals surface area contributed by atoms with Crippen molar-refractivity contribution in [3.05, 3.63) is 48.6 Å². The Labute approximate surface area is 294 Å². The van der Waals surface area contributed by atoms with Crippen molar-refractivity contribution in [2.45, 2.75) is 181 Å². The van der Waals surface area contributed by atoms with Crippen LogP contribution in [-0.4, -0.2) is 42.1 Å². The Bertz CT molecular complexity index is 885. The molecule has 0 aromatic carbocycles. The SMILES string of the molecule is CCCCCC(=O)/C=C/C=C\C/C=C\C/C=C\CCCC(=O)OC[C@H](CO)OC(=O)CCCCCCCCCCCCCCCC(C)C. The summed E-state index contributed by atoms with van der Waals surface area (Å²) in [4.78, 5) is 35.9. The van der Waals surface area contributed by atoms with E-state index in [1.807, 2.05) is 18.2 Å². The van der Waals surface area contributed by atoms with Crippen molar-refractivity contribution in [1.29, 1.82) is 0 Å². The Balaban J connectivity index is 3.70. The molecule has 48 heavy (non-hydrogen) atoms. The molecule has 0 heterocycles. The molecule has 0 amide bonds. The van der Waals surface area contributed by atoms with Crippen molar-refractivity contribution in [1.82, 2.24) is 0 Å². The minimum absolute atomic E-state index is 0.112. The first-order chi connectivity index (χ1) is 23.4. The summed E-state index contributed by atoms with van der Waals surface area (Å²) in [5.41, 5.74) is 0. The number of carbonyl (C=O) groups excluding carboxylic acids is 3. The zero-order valence-electron chi connectivity index (χ0n) is 31.1. The minimum atomic E-state index is -0.808. The lowest BCUT2D eigenvalue weighted by Crippen LogP contribution is -2.28. The molecule has 0 saturated heterocycles. The second kappa shape index (κ2) is 35.8. The van der Waals surface area contributed by atoms with Crippen LogP contribution in [0.15, 0.2) is 48.6 Å². The van der Waals surface area contributed by atoms with Crippen LogP contribution in [0.2, 0.25) is 0 Å². The van der Waals surface area contributed by atoms with Crippen LogP contribution < -0.4 is 0 Å². The van der Waals surface area contributed by atoms with Crippen LogP contribution in [0, 0.1) is 5.92 Å². The van der Waals surface area contributed by atoms with Gasteiger partial charge in [0.25, 0.3) is 0 Å². The fourth-order valence-electron chi connectivity index (χ4n) is 5.27. The number of hydrogen-bond acceptors (Lipinski definition) is 6. The first kappa shape index (κ1) is 45.5. The maximum atomic E-state index is 12.2. The van der Waals surface area contributed by atoms with Crippen molar-refractivity contribution in [2.24, 2.45) is 5.92 Å². The van der Waals surface area contributed by atoms with Gasteiger partial charge in [-0.15, -0.1) is 0 Å². The molecule has 1 atom stereocenters. The average Bonchev–Trinajstić information content (AvgIpc) is 3.06. The van der Waals surface area contributed by atoms with Gasteiger partial charge in [0.15, 0.2) is 11.9 Å². The lowest BCUT2D eigenvalue weighted by molar-refractivity contribution is -0.161. The molecule has 6 nitrogen and oxygen atoms in total. The lowest BCUT2D eigenvalue weighted by atomic mass is 10.0. The van der Waals surface area contributed by atoms with Crippen molar-refractivity contribution >= 4 is 17.7 Å². The van der Waals surface area contributed by atoms with E-state index in [0.717, 1.165) is 63.7 Å². The van der Waals surface area contributed by atoms with Gasteiger partial charge in [0, 0.05) is 19.3 Å². The van der Waals surface area contributed by atoms with Crippen LogP contribution in [0.5, 0.6) is 0 Å². The Hall–Kier alpha value is -2.47. The molecule has 6 heteroatoms. The van der Waals surface area contributed by atoms with Crippen molar-refractivity contribution in [3.8, 4) is 0 Å². The molecule has 0 saturated carbocycles. The third kappa shape index (κ3) is 34.9. The Morgan fingerprint density at radius 3 is 1.75 bits per heavy atom. The lowest BCUT2D eigenvalue weighted by Gasteiger charge is -2.15. The molecular formula is C42H72O6. The summed E-state index contributed by atoms with van der Waals surface area (Å²) in [5.74, 6) is 0.335. The van der Waals surface area contributed by atoms with Crippen LogP contribution in [0.25, 0.3) is 0 Å². The third-order valence-electron chi connectivity index (χ3n) is 8.28. The second-order valence-corrected chi connectivity index (χ2v) is 13.5. The van der Waals surface area contributed by atoms with Crippen LogP contribution in [0.1, 0.15) is 175 Å². The highest BCUT2D eigenvalue weighted by Gasteiger charge is 2.16. The van der Waals surface area contributed by atoms with Crippen molar-refractivity contribution in [2.75, 3.05) is 13.2 Å². The van der Waals surface area contributed by atoms with Gasteiger partial charge in [-0.25, -0.2) is 0 Å². The molecule has 0 aliphatic carbocycles. The summed E-state index contributed by atoms with van der Waals surface area (Å²) in [6, 6.07) is 0. The molecule has 0 spiro atoms. The predicted molar refractivity (Wildman–Crippen MR) is 201 cm³/mol. The fourth-order valence-corrected chi connectivity index (χ4v) is 5.27. The second-order valence-electron chi connectivity index (χ2n) is 13.5. The molecule has 0 unspecified atom stereocenters. The van der Waals surface area contributed by atoms with Gasteiger partial charge in [0.05, 0.1) is 6.61 Å². The van der Waals surface area contributed by atoms with Gasteiger partial charge in [-0.2, -0.15) is 0 Å². The molecule has 0 aromatic rings. The highest BCUT2D eigenvalue weighted by molar-refractivity contribution is 5.89. The average molecular weight is 673 g/mol. The zero-order chi connectivity index (χ0) is 35.3. The Morgan fingerprint density at radius 2 is 1.15 bits per heavy atom. The van der Waals surface area contributed by atoms with Gasteiger partial charge in [-0.3, -0.25) is 14.4 Å². The van der Waals surface area contributed by atoms with E-state index in [1.54, 1.807) is 6.08 Å². The summed E-state index contributed by atoms with van der Waals surface area (Å²) >= 11 is 0. The minimum Gasteiger partial charge on any atom is -0.462 e. The Morgan fingerprint density at radius 1 is 0.604 bits per heavy atom. The first-order valence-electron chi connectivity index (χ1n) is 19.5. The molecule has 276 valence electrons. The molecule has 0 aliphatic heterocycles. The number of aliphatic hydroxyl groups is 1. The summed E-state index contributed by atoms with van der Waals surface area (Å²) in [5, 5.41) is 9.54. The summed E-state index contributed by atoms with van der Waals surface area (Å²) in [7, 11) is 0. The molecular weight excluding hydrogens is 600 g/mol. The van der Waals surface area contributed by atoms with Crippen LogP contribution >= 0.6 is 0 Å². The van der Waals surface area contributed by atoms with Crippen LogP contribution in [-0.2, 0) is 23.9 Å². The summed E-state index contributed by atoms with van der Waals surface area (Å²) in [6.07, 6.45) is 40.1. The number of unbranched alkanes of at least 4 members (excludes halogenated alkanes) is 15. The van der Waals surface area contributed by atoms with E-state index in [1.165, 1.54) is 70.6 Å². The molecule has 0 radical (unpaired) electrons. The monoisotopic (exact) mass is 673 g/mol. The van der Waals surface area contributed by atoms with Crippen molar-refractivity contribution in [3.63, 3.8) is 0 Å². The molecule has 0 aromatic heterocycles. The maximum absolute atomic E-state index is 12.2. The number of allylic oxidation sites excluding steroid dienone is 8. The van der Waals surface area contributed by atoms with Gasteiger partial charge in [-0.05, 0) is 50.5 Å². The smallest absolute Gasteiger partial charge is 0.306 e. The van der Waals surface area contributed by atoms with E-state index in [-0.39, 0.29) is 37.4 Å². The molecule has 0 bridgehead atoms. The summed E-state index contributed by atoms with van der Waals surface area (Å²) < 4.78 is 10.5. The number of esters is 2. The van der Waals surface area contributed by atoms with E-state index in [9.17, 15) is 19.5 Å². The maximum Gasteiger partial charge on any atom is 0.306 e. The molecule has 0 rings (SSSR count). The van der Waals surface area contributed by atoms with Gasteiger partial charge >= 0.3 is 11.9 Å². The van der Waals surface area contributed by atoms with E-state index >= 15 is 0 Å². The van der Waals surface area contributed by atoms with E-state index in [4.69, 9.17) is 9.47 Å². The first-order valence-corrected chi connectivity index (χ1v) is 19.5. The normalized spacial score (nSPS) is 12.7. The van der Waals surface area contributed by atoms with E-state index in [2.05, 4.69) is 45.1 Å². The van der Waals surface area contributed by atoms with Gasteiger partial charge in [0.1, 0.15) is 6.61 Å². The Kier molecular flexibility index (Phi) is 34.0. The quantitative estimate of drug-likeness (QED) is 0.0240. The van der Waals surface area contributed by atoms with Crippen LogP contribution in [0.3, 0.4) is 0 Å². The highest BCUT2D eigenvalue weighted by Crippen LogP contribution is 2.15.